The second-order valence-electron chi connectivity index (χ2n) is 3.86. The average molecular weight is 303 g/mol. The van der Waals surface area contributed by atoms with Crippen LogP contribution >= 0.6 is 15.9 Å². The number of hydrogen-bond acceptors (Lipinski definition) is 4. The fraction of sp³-hybridized carbons (Fsp3) is 0.364. The minimum Gasteiger partial charge on any atom is -0.506 e. The minimum atomic E-state index is -0.919. The number of fused-ring (bicyclic) bond motifs is 1. The number of ether oxygens (including phenoxy) is 2. The van der Waals surface area contributed by atoms with E-state index >= 15 is 0 Å². The van der Waals surface area contributed by atoms with Crippen LogP contribution < -0.4 is 9.47 Å². The number of phenols is 1. The van der Waals surface area contributed by atoms with E-state index in [0.29, 0.717) is 21.5 Å². The van der Waals surface area contributed by atoms with E-state index in [9.17, 15) is 9.90 Å². The Morgan fingerprint density at radius 1 is 1.59 bits per heavy atom. The van der Waals surface area contributed by atoms with E-state index in [4.69, 9.17) is 14.6 Å². The van der Waals surface area contributed by atoms with E-state index in [1.165, 1.54) is 0 Å². The molecule has 0 amide bonds. The molecule has 0 saturated carbocycles. The van der Waals surface area contributed by atoms with Crippen LogP contribution in [0.3, 0.4) is 0 Å². The highest BCUT2D eigenvalue weighted by Gasteiger charge is 2.26. The summed E-state index contributed by atoms with van der Waals surface area (Å²) in [7, 11) is 0. The highest BCUT2D eigenvalue weighted by atomic mass is 79.9. The van der Waals surface area contributed by atoms with E-state index in [2.05, 4.69) is 15.9 Å². The van der Waals surface area contributed by atoms with Crippen molar-refractivity contribution in [2.45, 2.75) is 13.3 Å². The molecule has 0 fully saturated rings. The molecule has 0 saturated heterocycles. The fourth-order valence-corrected chi connectivity index (χ4v) is 2.10. The molecule has 0 aromatic heterocycles. The molecule has 0 bridgehead atoms. The predicted octanol–water partition coefficient (Wildman–Crippen LogP) is 2.15. The van der Waals surface area contributed by atoms with Gasteiger partial charge in [0.2, 0.25) is 6.79 Å². The highest BCUT2D eigenvalue weighted by Crippen LogP contribution is 2.45. The molecule has 0 spiro atoms. The van der Waals surface area contributed by atoms with Crippen LogP contribution in [-0.4, -0.2) is 23.0 Å². The Hall–Kier alpha value is -1.43. The molecule has 6 heteroatoms. The van der Waals surface area contributed by atoms with Crippen LogP contribution in [0.2, 0.25) is 0 Å². The summed E-state index contributed by atoms with van der Waals surface area (Å²) < 4.78 is 10.9. The van der Waals surface area contributed by atoms with Gasteiger partial charge in [-0.1, -0.05) is 6.92 Å². The molecule has 1 aliphatic heterocycles. The standard InChI is InChI=1S/C11H11BrO5/c1-5(11(14)15)2-6-9(13)7(12)3-8-10(6)17-4-16-8/h3,5,13H,2,4H2,1H3,(H,14,15). The van der Waals surface area contributed by atoms with Crippen molar-refractivity contribution in [2.75, 3.05) is 6.79 Å². The van der Waals surface area contributed by atoms with Gasteiger partial charge in [-0.25, -0.2) is 0 Å². The van der Waals surface area contributed by atoms with Crippen LogP contribution in [0.1, 0.15) is 12.5 Å². The fourth-order valence-electron chi connectivity index (χ4n) is 1.65. The lowest BCUT2D eigenvalue weighted by Crippen LogP contribution is -2.12. The Bertz CT molecular complexity index is 471. The molecule has 1 unspecified atom stereocenters. The van der Waals surface area contributed by atoms with Crippen LogP contribution in [0.5, 0.6) is 17.2 Å². The lowest BCUT2D eigenvalue weighted by Gasteiger charge is -2.12. The third kappa shape index (κ3) is 2.17. The van der Waals surface area contributed by atoms with Crippen LogP contribution in [0.25, 0.3) is 0 Å². The van der Waals surface area contributed by atoms with Gasteiger partial charge in [0.15, 0.2) is 11.5 Å². The lowest BCUT2D eigenvalue weighted by molar-refractivity contribution is -0.141. The molecular weight excluding hydrogens is 292 g/mol. The third-order valence-corrected chi connectivity index (χ3v) is 3.22. The monoisotopic (exact) mass is 302 g/mol. The van der Waals surface area contributed by atoms with Gasteiger partial charge in [0.1, 0.15) is 5.75 Å². The lowest BCUT2D eigenvalue weighted by atomic mass is 9.99. The van der Waals surface area contributed by atoms with E-state index in [0.717, 1.165) is 0 Å². The number of hydrogen-bond donors (Lipinski definition) is 2. The zero-order valence-electron chi connectivity index (χ0n) is 9.07. The number of carboxylic acid groups (broad SMARTS) is 1. The quantitative estimate of drug-likeness (QED) is 0.895. The van der Waals surface area contributed by atoms with Crippen molar-refractivity contribution in [3.63, 3.8) is 0 Å². The number of aromatic hydroxyl groups is 1. The van der Waals surface area contributed by atoms with Gasteiger partial charge in [0.25, 0.3) is 0 Å². The molecule has 5 nitrogen and oxygen atoms in total. The number of carboxylic acids is 1. The third-order valence-electron chi connectivity index (χ3n) is 2.62. The molecule has 2 N–H and O–H groups in total. The van der Waals surface area contributed by atoms with Crippen molar-refractivity contribution < 1.29 is 24.5 Å². The molecule has 1 aromatic carbocycles. The zero-order chi connectivity index (χ0) is 12.6. The van der Waals surface area contributed by atoms with Crippen LogP contribution in [0, 0.1) is 5.92 Å². The Balaban J connectivity index is 2.42. The Labute approximate surface area is 106 Å². The number of aliphatic carboxylic acids is 1. The van der Waals surface area contributed by atoms with E-state index in [-0.39, 0.29) is 19.0 Å². The Morgan fingerprint density at radius 3 is 2.94 bits per heavy atom. The van der Waals surface area contributed by atoms with Crippen molar-refractivity contribution in [3.8, 4) is 17.2 Å². The topological polar surface area (TPSA) is 76.0 Å². The molecule has 1 atom stereocenters. The highest BCUT2D eigenvalue weighted by molar-refractivity contribution is 9.10. The summed E-state index contributed by atoms with van der Waals surface area (Å²) in [4.78, 5) is 10.8. The predicted molar refractivity (Wildman–Crippen MR) is 62.4 cm³/mol. The van der Waals surface area contributed by atoms with E-state index in [1.807, 2.05) is 0 Å². The molecule has 92 valence electrons. The largest absolute Gasteiger partial charge is 0.506 e. The van der Waals surface area contributed by atoms with Crippen molar-refractivity contribution in [1.82, 2.24) is 0 Å². The number of benzene rings is 1. The summed E-state index contributed by atoms with van der Waals surface area (Å²) in [5.74, 6) is -0.580. The van der Waals surface area contributed by atoms with Gasteiger partial charge in [-0.3, -0.25) is 4.79 Å². The van der Waals surface area contributed by atoms with Gasteiger partial charge < -0.3 is 19.7 Å². The van der Waals surface area contributed by atoms with Crippen molar-refractivity contribution in [2.24, 2.45) is 5.92 Å². The zero-order valence-corrected chi connectivity index (χ0v) is 10.7. The normalized spacial score (nSPS) is 14.7. The molecule has 1 aromatic rings. The second kappa shape index (κ2) is 4.44. The SMILES string of the molecule is CC(Cc1c(O)c(Br)cc2c1OCO2)C(=O)O. The number of phenolic OH excluding ortho intramolecular Hbond substituents is 1. The van der Waals surface area contributed by atoms with Gasteiger partial charge in [-0.15, -0.1) is 0 Å². The smallest absolute Gasteiger partial charge is 0.306 e. The average Bonchev–Trinajstić information content (AvgIpc) is 2.71. The summed E-state index contributed by atoms with van der Waals surface area (Å²) in [6.45, 7) is 1.66. The molecule has 2 rings (SSSR count). The van der Waals surface area contributed by atoms with Crippen molar-refractivity contribution in [1.29, 1.82) is 0 Å². The van der Waals surface area contributed by atoms with E-state index in [1.54, 1.807) is 13.0 Å². The Morgan fingerprint density at radius 2 is 2.29 bits per heavy atom. The number of rotatable bonds is 3. The van der Waals surface area contributed by atoms with Gasteiger partial charge in [0.05, 0.1) is 10.4 Å². The number of halogens is 1. The molecule has 1 heterocycles. The summed E-state index contributed by atoms with van der Waals surface area (Å²) in [6.07, 6.45) is 0.187. The summed E-state index contributed by atoms with van der Waals surface area (Å²) in [6, 6.07) is 1.60. The molecule has 0 aliphatic carbocycles. The molecule has 0 radical (unpaired) electrons. The van der Waals surface area contributed by atoms with Crippen molar-refractivity contribution in [3.05, 3.63) is 16.1 Å². The van der Waals surface area contributed by atoms with Crippen LogP contribution in [0.4, 0.5) is 0 Å². The van der Waals surface area contributed by atoms with Gasteiger partial charge >= 0.3 is 5.97 Å². The first-order valence-electron chi connectivity index (χ1n) is 5.03. The first-order valence-corrected chi connectivity index (χ1v) is 5.82. The maximum atomic E-state index is 10.8. The summed E-state index contributed by atoms with van der Waals surface area (Å²) in [5.41, 5.74) is 0.460. The van der Waals surface area contributed by atoms with E-state index < -0.39 is 11.9 Å². The molecule has 17 heavy (non-hydrogen) atoms. The minimum absolute atomic E-state index is 0.00218. The van der Waals surface area contributed by atoms with Crippen LogP contribution in [0.15, 0.2) is 10.5 Å². The van der Waals surface area contributed by atoms with Gasteiger partial charge in [-0.05, 0) is 22.4 Å². The summed E-state index contributed by atoms with van der Waals surface area (Å²) in [5, 5.41) is 18.8. The van der Waals surface area contributed by atoms with Gasteiger partial charge in [-0.2, -0.15) is 0 Å². The number of carbonyl (C=O) groups is 1. The van der Waals surface area contributed by atoms with Crippen LogP contribution in [-0.2, 0) is 11.2 Å². The second-order valence-corrected chi connectivity index (χ2v) is 4.72. The maximum Gasteiger partial charge on any atom is 0.306 e. The maximum absolute atomic E-state index is 10.8. The molecular formula is C11H11BrO5. The summed E-state index contributed by atoms with van der Waals surface area (Å²) >= 11 is 3.19. The Kier molecular flexibility index (Phi) is 3.15. The first-order chi connectivity index (χ1) is 8.00. The first kappa shape index (κ1) is 12.0. The van der Waals surface area contributed by atoms with Gasteiger partial charge in [0, 0.05) is 11.6 Å². The molecule has 1 aliphatic rings. The van der Waals surface area contributed by atoms with Crippen molar-refractivity contribution >= 4 is 21.9 Å².